The number of benzene rings is 2. The van der Waals surface area contributed by atoms with Gasteiger partial charge >= 0.3 is 0 Å². The maximum atomic E-state index is 11.6. The summed E-state index contributed by atoms with van der Waals surface area (Å²) in [4.78, 5) is 2.93. The highest BCUT2D eigenvalue weighted by Gasteiger charge is 2.38. The molecule has 2 aromatic carbocycles. The van der Waals surface area contributed by atoms with Crippen LogP contribution in [0.1, 0.15) is 36.8 Å². The largest absolute Gasteiger partial charge is 0.493 e. The van der Waals surface area contributed by atoms with Gasteiger partial charge in [-0.3, -0.25) is 4.90 Å². The Morgan fingerprint density at radius 1 is 1.19 bits per heavy atom. The molecule has 2 fully saturated rings. The first-order valence-corrected chi connectivity index (χ1v) is 13.0. The van der Waals surface area contributed by atoms with Crippen LogP contribution in [0.15, 0.2) is 47.4 Å². The Balaban J connectivity index is 1.37. The van der Waals surface area contributed by atoms with Crippen molar-refractivity contribution < 1.29 is 13.2 Å². The lowest BCUT2D eigenvalue weighted by Gasteiger charge is -2.38. The predicted molar refractivity (Wildman–Crippen MR) is 121 cm³/mol. The van der Waals surface area contributed by atoms with Crippen molar-refractivity contribution in [3.8, 4) is 11.8 Å². The molecule has 0 spiro atoms. The quantitative estimate of drug-likeness (QED) is 0.638. The Hall–Kier alpha value is -2.07. The van der Waals surface area contributed by atoms with Crippen molar-refractivity contribution in [1.82, 2.24) is 4.90 Å². The topological polar surface area (TPSA) is 70.4 Å². The second-order valence-corrected chi connectivity index (χ2v) is 11.2. The van der Waals surface area contributed by atoms with E-state index in [1.807, 2.05) is 12.1 Å². The number of nitriles is 1. The normalized spacial score (nSPS) is 23.8. The molecule has 0 aliphatic carbocycles. The average molecular weight is 459 g/mol. The minimum atomic E-state index is -3.19. The highest BCUT2D eigenvalue weighted by Crippen LogP contribution is 2.36. The molecule has 0 radical (unpaired) electrons. The minimum absolute atomic E-state index is 0.307. The van der Waals surface area contributed by atoms with Crippen molar-refractivity contribution in [2.75, 3.05) is 19.4 Å². The van der Waals surface area contributed by atoms with Crippen LogP contribution in [0.3, 0.4) is 0 Å². The van der Waals surface area contributed by atoms with Crippen LogP contribution >= 0.6 is 11.6 Å². The molecule has 164 valence electrons. The van der Waals surface area contributed by atoms with Gasteiger partial charge in [-0.15, -0.1) is 0 Å². The van der Waals surface area contributed by atoms with Crippen molar-refractivity contribution in [3.05, 3.63) is 58.6 Å². The second kappa shape index (κ2) is 9.20. The van der Waals surface area contributed by atoms with Gasteiger partial charge in [0.25, 0.3) is 0 Å². The molecular weight excluding hydrogens is 432 g/mol. The van der Waals surface area contributed by atoms with E-state index in [0.29, 0.717) is 45.8 Å². The Morgan fingerprint density at radius 3 is 2.68 bits per heavy atom. The molecule has 2 aromatic rings. The first-order chi connectivity index (χ1) is 14.8. The summed E-state index contributed by atoms with van der Waals surface area (Å²) >= 11 is 6.20. The van der Waals surface area contributed by atoms with Crippen molar-refractivity contribution >= 4 is 21.4 Å². The minimum Gasteiger partial charge on any atom is -0.493 e. The van der Waals surface area contributed by atoms with E-state index >= 15 is 0 Å². The van der Waals surface area contributed by atoms with Crippen LogP contribution < -0.4 is 4.74 Å². The van der Waals surface area contributed by atoms with Crippen LogP contribution in [-0.2, 0) is 16.3 Å². The van der Waals surface area contributed by atoms with Gasteiger partial charge in [0.15, 0.2) is 9.84 Å². The third-order valence-electron chi connectivity index (χ3n) is 6.38. The number of halogens is 1. The van der Waals surface area contributed by atoms with Crippen molar-refractivity contribution in [2.24, 2.45) is 5.92 Å². The number of piperidine rings is 1. The standard InChI is InChI=1S/C24H27ClN2O3S/c1-31(28,29)24-7-5-23(6-8-24)30-16-19-13-22-4-2-3-21(27(22)15-19)12-17-9-18(14-26)11-20(25)10-17/h5-11,19,21-22H,2-4,12-13,15-16H2,1H3/t19-,21?,22+/m0/s1. The number of nitrogens with zero attached hydrogens (tertiary/aromatic N) is 2. The number of ether oxygens (including phenoxy) is 1. The predicted octanol–water partition coefficient (Wildman–Crippen LogP) is 4.48. The third kappa shape index (κ3) is 5.41. The van der Waals surface area contributed by atoms with Gasteiger partial charge in [-0.25, -0.2) is 8.42 Å². The molecule has 7 heteroatoms. The fourth-order valence-electron chi connectivity index (χ4n) is 4.97. The van der Waals surface area contributed by atoms with Gasteiger partial charge in [0.05, 0.1) is 23.1 Å². The van der Waals surface area contributed by atoms with Crippen molar-refractivity contribution in [3.63, 3.8) is 0 Å². The summed E-state index contributed by atoms with van der Waals surface area (Å²) in [6.07, 6.45) is 6.83. The first-order valence-electron chi connectivity index (χ1n) is 10.7. The highest BCUT2D eigenvalue weighted by molar-refractivity contribution is 7.90. The molecule has 2 aliphatic rings. The molecule has 1 unspecified atom stereocenters. The van der Waals surface area contributed by atoms with E-state index in [-0.39, 0.29) is 0 Å². The summed E-state index contributed by atoms with van der Waals surface area (Å²) in [5, 5.41) is 9.84. The maximum absolute atomic E-state index is 11.6. The van der Waals surface area contributed by atoms with E-state index in [2.05, 4.69) is 11.0 Å². The van der Waals surface area contributed by atoms with Gasteiger partial charge in [-0.2, -0.15) is 5.26 Å². The second-order valence-electron chi connectivity index (χ2n) is 8.76. The lowest BCUT2D eigenvalue weighted by molar-refractivity contribution is 0.119. The summed E-state index contributed by atoms with van der Waals surface area (Å²) in [6, 6.07) is 15.5. The summed E-state index contributed by atoms with van der Waals surface area (Å²) < 4.78 is 29.2. The molecule has 3 atom stereocenters. The molecule has 31 heavy (non-hydrogen) atoms. The lowest BCUT2D eigenvalue weighted by Crippen LogP contribution is -2.44. The Morgan fingerprint density at radius 2 is 1.97 bits per heavy atom. The molecule has 0 aromatic heterocycles. The van der Waals surface area contributed by atoms with Gasteiger partial charge < -0.3 is 4.74 Å². The van der Waals surface area contributed by atoms with Gasteiger partial charge in [0.1, 0.15) is 5.75 Å². The van der Waals surface area contributed by atoms with Crippen LogP contribution in [0.2, 0.25) is 5.02 Å². The Labute approximate surface area is 189 Å². The SMILES string of the molecule is CS(=O)(=O)c1ccc(OC[C@H]2C[C@H]3CCCC(Cc4cc(Cl)cc(C#N)c4)N3C2)cc1. The molecule has 2 heterocycles. The molecule has 0 N–H and O–H groups in total. The Kier molecular flexibility index (Phi) is 6.57. The lowest BCUT2D eigenvalue weighted by atomic mass is 9.91. The molecule has 0 saturated carbocycles. The van der Waals surface area contributed by atoms with E-state index in [4.69, 9.17) is 16.3 Å². The number of hydrogen-bond donors (Lipinski definition) is 0. The molecule has 5 nitrogen and oxygen atoms in total. The Bertz CT molecular complexity index is 1080. The molecule has 0 bridgehead atoms. The summed E-state index contributed by atoms with van der Waals surface area (Å²) in [6.45, 7) is 1.64. The van der Waals surface area contributed by atoms with Crippen LogP contribution in [0.5, 0.6) is 5.75 Å². The highest BCUT2D eigenvalue weighted by atomic mass is 35.5. The smallest absolute Gasteiger partial charge is 0.175 e. The zero-order valence-electron chi connectivity index (χ0n) is 17.6. The van der Waals surface area contributed by atoms with E-state index in [1.54, 1.807) is 30.3 Å². The van der Waals surface area contributed by atoms with Crippen molar-refractivity contribution in [2.45, 2.75) is 49.1 Å². The summed E-state index contributed by atoms with van der Waals surface area (Å²) in [5.41, 5.74) is 1.74. The van der Waals surface area contributed by atoms with Gasteiger partial charge in [0, 0.05) is 35.8 Å². The van der Waals surface area contributed by atoms with Gasteiger partial charge in [-0.1, -0.05) is 18.0 Å². The zero-order chi connectivity index (χ0) is 22.0. The van der Waals surface area contributed by atoms with E-state index < -0.39 is 9.84 Å². The monoisotopic (exact) mass is 458 g/mol. The molecule has 4 rings (SSSR count). The van der Waals surface area contributed by atoms with Crippen LogP contribution in [0, 0.1) is 17.2 Å². The molecule has 2 aliphatic heterocycles. The fraction of sp³-hybridized carbons (Fsp3) is 0.458. The third-order valence-corrected chi connectivity index (χ3v) is 7.73. The molecular formula is C24H27ClN2O3S. The van der Waals surface area contributed by atoms with Crippen LogP contribution in [0.4, 0.5) is 0 Å². The summed E-state index contributed by atoms with van der Waals surface area (Å²) in [7, 11) is -3.19. The van der Waals surface area contributed by atoms with E-state index in [9.17, 15) is 13.7 Å². The number of fused-ring (bicyclic) bond motifs is 1. The molecule has 0 amide bonds. The number of rotatable bonds is 6. The van der Waals surface area contributed by atoms with E-state index in [0.717, 1.165) is 31.4 Å². The van der Waals surface area contributed by atoms with Crippen LogP contribution in [-0.4, -0.2) is 44.8 Å². The van der Waals surface area contributed by atoms with Crippen LogP contribution in [0.25, 0.3) is 0 Å². The van der Waals surface area contributed by atoms with E-state index in [1.165, 1.54) is 19.1 Å². The number of sulfone groups is 1. The first kappa shape index (κ1) is 22.1. The van der Waals surface area contributed by atoms with Crippen molar-refractivity contribution in [1.29, 1.82) is 5.26 Å². The zero-order valence-corrected chi connectivity index (χ0v) is 19.2. The molecule has 2 saturated heterocycles. The van der Waals surface area contributed by atoms with Gasteiger partial charge in [0.2, 0.25) is 0 Å². The number of hydrogen-bond acceptors (Lipinski definition) is 5. The fourth-order valence-corrected chi connectivity index (χ4v) is 5.86. The summed E-state index contributed by atoms with van der Waals surface area (Å²) in [5.74, 6) is 1.16. The maximum Gasteiger partial charge on any atom is 0.175 e. The van der Waals surface area contributed by atoms with Gasteiger partial charge in [-0.05, 0) is 73.7 Å². The average Bonchev–Trinajstić information content (AvgIpc) is 3.16.